The third-order valence-corrected chi connectivity index (χ3v) is 6.35. The summed E-state index contributed by atoms with van der Waals surface area (Å²) in [6, 6.07) is 16.2. The van der Waals surface area contributed by atoms with Gasteiger partial charge in [0.1, 0.15) is 17.2 Å². The first kappa shape index (κ1) is 23.9. The summed E-state index contributed by atoms with van der Waals surface area (Å²) < 4.78 is 43.8. The maximum Gasteiger partial charge on any atom is 0.261 e. The van der Waals surface area contributed by atoms with Crippen molar-refractivity contribution < 1.29 is 27.4 Å². The first-order chi connectivity index (χ1) is 15.7. The van der Waals surface area contributed by atoms with Crippen LogP contribution in [0.2, 0.25) is 0 Å². The summed E-state index contributed by atoms with van der Waals surface area (Å²) in [6.07, 6.45) is 0. The van der Waals surface area contributed by atoms with Crippen molar-refractivity contribution in [1.29, 1.82) is 0 Å². The highest BCUT2D eigenvalue weighted by Gasteiger charge is 2.18. The van der Waals surface area contributed by atoms with Crippen molar-refractivity contribution >= 4 is 21.6 Å². The lowest BCUT2D eigenvalue weighted by molar-refractivity contribution is 0.0950. The van der Waals surface area contributed by atoms with E-state index in [0.29, 0.717) is 28.5 Å². The van der Waals surface area contributed by atoms with Crippen LogP contribution in [0.3, 0.4) is 0 Å². The van der Waals surface area contributed by atoms with Gasteiger partial charge in [-0.15, -0.1) is 0 Å². The van der Waals surface area contributed by atoms with Gasteiger partial charge in [0.15, 0.2) is 0 Å². The molecule has 0 bridgehead atoms. The van der Waals surface area contributed by atoms with Gasteiger partial charge >= 0.3 is 0 Å². The Morgan fingerprint density at radius 1 is 0.818 bits per heavy atom. The van der Waals surface area contributed by atoms with Crippen LogP contribution in [0.1, 0.15) is 21.5 Å². The number of hydrogen-bond acceptors (Lipinski definition) is 6. The van der Waals surface area contributed by atoms with E-state index in [2.05, 4.69) is 10.0 Å². The van der Waals surface area contributed by atoms with Crippen LogP contribution in [0.5, 0.6) is 17.2 Å². The molecular formula is C24H26N2O6S. The van der Waals surface area contributed by atoms with Crippen LogP contribution in [0.15, 0.2) is 65.6 Å². The molecule has 1 amide bonds. The maximum absolute atomic E-state index is 12.9. The Labute approximate surface area is 193 Å². The van der Waals surface area contributed by atoms with Crippen LogP contribution in [-0.4, -0.2) is 35.7 Å². The number of carbonyl (C=O) groups excluding carboxylic acids is 1. The van der Waals surface area contributed by atoms with E-state index in [4.69, 9.17) is 14.2 Å². The molecule has 174 valence electrons. The number of benzene rings is 3. The molecule has 0 aromatic heterocycles. The minimum atomic E-state index is -3.89. The monoisotopic (exact) mass is 470 g/mol. The fourth-order valence-corrected chi connectivity index (χ4v) is 4.22. The number of methoxy groups -OCH3 is 3. The molecule has 0 fully saturated rings. The molecule has 0 saturated heterocycles. The Balaban J connectivity index is 1.78. The van der Waals surface area contributed by atoms with Crippen molar-refractivity contribution in [2.45, 2.75) is 18.4 Å². The van der Waals surface area contributed by atoms with Crippen molar-refractivity contribution in [2.24, 2.45) is 0 Å². The molecule has 0 aliphatic rings. The first-order valence-corrected chi connectivity index (χ1v) is 11.5. The van der Waals surface area contributed by atoms with E-state index in [-0.39, 0.29) is 17.0 Å². The molecule has 9 heteroatoms. The van der Waals surface area contributed by atoms with Crippen LogP contribution < -0.4 is 24.2 Å². The molecule has 0 atom stereocenters. The number of sulfonamides is 1. The van der Waals surface area contributed by atoms with Crippen LogP contribution in [0.25, 0.3) is 0 Å². The molecule has 0 saturated carbocycles. The quantitative estimate of drug-likeness (QED) is 0.494. The Morgan fingerprint density at radius 3 is 2.00 bits per heavy atom. The van der Waals surface area contributed by atoms with Gasteiger partial charge in [0, 0.05) is 23.9 Å². The molecule has 3 rings (SSSR count). The average molecular weight is 471 g/mol. The Hall–Kier alpha value is -3.72. The van der Waals surface area contributed by atoms with Crippen molar-refractivity contribution in [3.05, 3.63) is 77.4 Å². The normalized spacial score (nSPS) is 10.9. The number of aryl methyl sites for hydroxylation is 1. The summed E-state index contributed by atoms with van der Waals surface area (Å²) in [6.45, 7) is 1.96. The Morgan fingerprint density at radius 2 is 1.42 bits per heavy atom. The van der Waals surface area contributed by atoms with Crippen LogP contribution >= 0.6 is 0 Å². The van der Waals surface area contributed by atoms with Crippen molar-refractivity contribution in [3.63, 3.8) is 0 Å². The molecular weight excluding hydrogens is 444 g/mol. The molecule has 3 aromatic carbocycles. The van der Waals surface area contributed by atoms with E-state index in [0.717, 1.165) is 5.56 Å². The second kappa shape index (κ2) is 10.3. The van der Waals surface area contributed by atoms with E-state index < -0.39 is 15.9 Å². The zero-order chi connectivity index (χ0) is 24.0. The summed E-state index contributed by atoms with van der Waals surface area (Å²) >= 11 is 0. The zero-order valence-corrected chi connectivity index (χ0v) is 19.7. The summed E-state index contributed by atoms with van der Waals surface area (Å²) in [5, 5.41) is 2.82. The van der Waals surface area contributed by atoms with Gasteiger partial charge in [0.05, 0.1) is 26.2 Å². The van der Waals surface area contributed by atoms with E-state index in [1.54, 1.807) is 69.7 Å². The Bertz CT molecular complexity index is 1220. The highest BCUT2D eigenvalue weighted by atomic mass is 32.2. The van der Waals surface area contributed by atoms with E-state index in [1.807, 2.05) is 0 Å². The van der Waals surface area contributed by atoms with Gasteiger partial charge in [-0.25, -0.2) is 8.42 Å². The first-order valence-electron chi connectivity index (χ1n) is 10.0. The van der Waals surface area contributed by atoms with Crippen LogP contribution in [-0.2, 0) is 16.6 Å². The summed E-state index contributed by atoms with van der Waals surface area (Å²) in [5.41, 5.74) is 2.08. The lowest BCUT2D eigenvalue weighted by Crippen LogP contribution is -2.24. The van der Waals surface area contributed by atoms with Gasteiger partial charge in [-0.2, -0.15) is 0 Å². The predicted molar refractivity (Wildman–Crippen MR) is 126 cm³/mol. The topological polar surface area (TPSA) is 103 Å². The van der Waals surface area contributed by atoms with Crippen molar-refractivity contribution in [2.75, 3.05) is 26.1 Å². The molecule has 0 heterocycles. The molecule has 0 spiro atoms. The van der Waals surface area contributed by atoms with Gasteiger partial charge in [-0.05, 0) is 66.6 Å². The van der Waals surface area contributed by atoms with E-state index in [9.17, 15) is 13.2 Å². The van der Waals surface area contributed by atoms with Crippen molar-refractivity contribution in [3.8, 4) is 17.2 Å². The second-order valence-electron chi connectivity index (χ2n) is 7.21. The minimum Gasteiger partial charge on any atom is -0.497 e. The standard InChI is InChI=1S/C24H26N2O6S/c1-16-5-10-22(33(28,29)26-18-6-8-19(30-2)9-7-18)14-23(16)24(27)25-15-17-11-20(31-3)13-21(12-17)32-4/h5-14,26H,15H2,1-4H3,(H,25,27). The molecule has 0 aliphatic carbocycles. The SMILES string of the molecule is COc1ccc(NS(=O)(=O)c2ccc(C)c(C(=O)NCc3cc(OC)cc(OC)c3)c2)cc1. The molecule has 33 heavy (non-hydrogen) atoms. The molecule has 3 aromatic rings. The van der Waals surface area contributed by atoms with Gasteiger partial charge in [-0.1, -0.05) is 6.07 Å². The summed E-state index contributed by atoms with van der Waals surface area (Å²) in [4.78, 5) is 12.8. The molecule has 2 N–H and O–H groups in total. The number of ether oxygens (including phenoxy) is 3. The van der Waals surface area contributed by atoms with Crippen LogP contribution in [0, 0.1) is 6.92 Å². The third-order valence-electron chi connectivity index (χ3n) is 4.97. The minimum absolute atomic E-state index is 0.0166. The number of carbonyl (C=O) groups is 1. The molecule has 0 aliphatic heterocycles. The van der Waals surface area contributed by atoms with E-state index in [1.165, 1.54) is 19.2 Å². The fourth-order valence-electron chi connectivity index (χ4n) is 3.13. The Kier molecular flexibility index (Phi) is 7.44. The third kappa shape index (κ3) is 5.95. The van der Waals surface area contributed by atoms with Crippen LogP contribution in [0.4, 0.5) is 5.69 Å². The maximum atomic E-state index is 12.9. The predicted octanol–water partition coefficient (Wildman–Crippen LogP) is 3.75. The second-order valence-corrected chi connectivity index (χ2v) is 8.90. The van der Waals surface area contributed by atoms with Gasteiger partial charge in [-0.3, -0.25) is 9.52 Å². The highest BCUT2D eigenvalue weighted by Crippen LogP contribution is 2.23. The van der Waals surface area contributed by atoms with Gasteiger partial charge < -0.3 is 19.5 Å². The molecule has 0 unspecified atom stereocenters. The number of hydrogen-bond donors (Lipinski definition) is 2. The largest absolute Gasteiger partial charge is 0.497 e. The zero-order valence-electron chi connectivity index (χ0n) is 18.8. The van der Waals surface area contributed by atoms with E-state index >= 15 is 0 Å². The lowest BCUT2D eigenvalue weighted by atomic mass is 10.1. The number of amides is 1. The lowest BCUT2D eigenvalue weighted by Gasteiger charge is -2.13. The average Bonchev–Trinajstić information content (AvgIpc) is 2.82. The van der Waals surface area contributed by atoms with Gasteiger partial charge in [0.25, 0.3) is 15.9 Å². The number of anilines is 1. The smallest absolute Gasteiger partial charge is 0.261 e. The van der Waals surface area contributed by atoms with Gasteiger partial charge in [0.2, 0.25) is 0 Å². The number of nitrogens with one attached hydrogen (secondary N) is 2. The molecule has 0 radical (unpaired) electrons. The summed E-state index contributed by atoms with van der Waals surface area (Å²) in [5.74, 6) is 1.43. The fraction of sp³-hybridized carbons (Fsp3) is 0.208. The summed E-state index contributed by atoms with van der Waals surface area (Å²) in [7, 11) is 0.732. The highest BCUT2D eigenvalue weighted by molar-refractivity contribution is 7.92. The van der Waals surface area contributed by atoms with Crippen molar-refractivity contribution in [1.82, 2.24) is 5.32 Å². The molecule has 8 nitrogen and oxygen atoms in total. The number of rotatable bonds is 9.